The monoisotopic (exact) mass is 541 g/mol. The molecular formula is C23H36IN5O2. The average Bonchev–Trinajstić information content (AvgIpc) is 3.43. The van der Waals surface area contributed by atoms with E-state index in [-0.39, 0.29) is 24.0 Å². The average molecular weight is 541 g/mol. The number of nitrogens with zero attached hydrogens (tertiary/aromatic N) is 3. The topological polar surface area (TPSA) is 84.6 Å². The predicted molar refractivity (Wildman–Crippen MR) is 135 cm³/mol. The van der Waals surface area contributed by atoms with Crippen molar-refractivity contribution in [1.82, 2.24) is 20.8 Å². The Labute approximate surface area is 202 Å². The Kier molecular flexibility index (Phi) is 10.7. The van der Waals surface area contributed by atoms with Crippen LogP contribution in [0.2, 0.25) is 0 Å². The zero-order valence-electron chi connectivity index (χ0n) is 18.9. The lowest BCUT2D eigenvalue weighted by Crippen LogP contribution is -2.43. The molecule has 0 aliphatic heterocycles. The number of aromatic nitrogens is 2. The minimum absolute atomic E-state index is 0. The Morgan fingerprint density at radius 1 is 1.26 bits per heavy atom. The normalized spacial score (nSPS) is 15.5. The number of rotatable bonds is 10. The molecular weight excluding hydrogens is 505 g/mol. The summed E-state index contributed by atoms with van der Waals surface area (Å²) in [6, 6.07) is 8.19. The summed E-state index contributed by atoms with van der Waals surface area (Å²) >= 11 is 0. The van der Waals surface area contributed by atoms with Crippen LogP contribution in [0.1, 0.15) is 56.8 Å². The third-order valence-corrected chi connectivity index (χ3v) is 5.93. The Morgan fingerprint density at radius 2 is 2.06 bits per heavy atom. The number of hydrogen-bond donors (Lipinski definition) is 2. The molecule has 0 radical (unpaired) electrons. The van der Waals surface area contributed by atoms with Crippen molar-refractivity contribution in [2.45, 2.75) is 58.4 Å². The number of hydrogen-bond acceptors (Lipinski definition) is 5. The lowest BCUT2D eigenvalue weighted by Gasteiger charge is -2.30. The van der Waals surface area contributed by atoms with E-state index in [9.17, 15) is 0 Å². The van der Waals surface area contributed by atoms with Crippen molar-refractivity contribution in [2.75, 3.05) is 27.3 Å². The molecule has 0 spiro atoms. The summed E-state index contributed by atoms with van der Waals surface area (Å²) in [7, 11) is 3.60. The van der Waals surface area contributed by atoms with Gasteiger partial charge in [0.25, 0.3) is 5.89 Å². The number of ether oxygens (including phenoxy) is 1. The lowest BCUT2D eigenvalue weighted by molar-refractivity contribution is 0.138. The van der Waals surface area contributed by atoms with E-state index in [2.05, 4.69) is 44.8 Å². The molecule has 1 fully saturated rings. The molecule has 0 amide bonds. The number of halogens is 1. The van der Waals surface area contributed by atoms with Crippen molar-refractivity contribution < 1.29 is 9.26 Å². The molecule has 0 saturated heterocycles. The van der Waals surface area contributed by atoms with Crippen LogP contribution in [-0.4, -0.2) is 43.4 Å². The molecule has 1 aliphatic carbocycles. The van der Waals surface area contributed by atoms with E-state index in [1.165, 1.54) is 25.7 Å². The first-order valence-corrected chi connectivity index (χ1v) is 11.0. The first kappa shape index (κ1) is 25.6. The van der Waals surface area contributed by atoms with Crippen LogP contribution in [0.25, 0.3) is 11.5 Å². The van der Waals surface area contributed by atoms with Gasteiger partial charge in [0.2, 0.25) is 0 Å². The first-order chi connectivity index (χ1) is 14.7. The smallest absolute Gasteiger partial charge is 0.257 e. The molecule has 3 rings (SSSR count). The number of nitrogens with one attached hydrogen (secondary N) is 2. The molecule has 2 aromatic rings. The Bertz CT molecular complexity index is 818. The second-order valence-corrected chi connectivity index (χ2v) is 8.20. The SMILES string of the molecule is CCCc1noc(-c2cccc(CNC(=NC)NCC3(CCOC)CCCC3)c2)n1.I. The zero-order valence-corrected chi connectivity index (χ0v) is 21.3. The second kappa shape index (κ2) is 13.0. The highest BCUT2D eigenvalue weighted by molar-refractivity contribution is 14.0. The first-order valence-electron chi connectivity index (χ1n) is 11.0. The maximum atomic E-state index is 5.42. The van der Waals surface area contributed by atoms with Crippen LogP contribution in [0.4, 0.5) is 0 Å². The molecule has 0 unspecified atom stereocenters. The number of guanidine groups is 1. The highest BCUT2D eigenvalue weighted by atomic mass is 127. The van der Waals surface area contributed by atoms with Gasteiger partial charge in [-0.1, -0.05) is 37.1 Å². The van der Waals surface area contributed by atoms with Crippen molar-refractivity contribution in [1.29, 1.82) is 0 Å². The molecule has 1 aromatic heterocycles. The van der Waals surface area contributed by atoms with Gasteiger partial charge in [0.1, 0.15) is 0 Å². The van der Waals surface area contributed by atoms with E-state index in [0.717, 1.165) is 55.3 Å². The molecule has 31 heavy (non-hydrogen) atoms. The number of benzene rings is 1. The van der Waals surface area contributed by atoms with Gasteiger partial charge in [-0.25, -0.2) is 0 Å². The zero-order chi connectivity index (χ0) is 21.2. The summed E-state index contributed by atoms with van der Waals surface area (Å²) < 4.78 is 10.8. The molecule has 1 aliphatic rings. The highest BCUT2D eigenvalue weighted by Gasteiger charge is 2.33. The van der Waals surface area contributed by atoms with Crippen molar-refractivity contribution in [3.05, 3.63) is 35.7 Å². The van der Waals surface area contributed by atoms with Crippen LogP contribution in [-0.2, 0) is 17.7 Å². The van der Waals surface area contributed by atoms with Gasteiger partial charge in [0.05, 0.1) is 0 Å². The molecule has 7 nitrogen and oxygen atoms in total. The Balaban J connectivity index is 0.00000341. The Hall–Kier alpha value is -1.68. The summed E-state index contributed by atoms with van der Waals surface area (Å²) in [5.74, 6) is 2.16. The van der Waals surface area contributed by atoms with Crippen molar-refractivity contribution >= 4 is 29.9 Å². The quantitative estimate of drug-likeness (QED) is 0.261. The molecule has 1 saturated carbocycles. The fraction of sp³-hybridized carbons (Fsp3) is 0.609. The third-order valence-electron chi connectivity index (χ3n) is 5.93. The van der Waals surface area contributed by atoms with Crippen LogP contribution in [0, 0.1) is 5.41 Å². The fourth-order valence-electron chi connectivity index (χ4n) is 4.15. The molecule has 2 N–H and O–H groups in total. The number of aryl methyl sites for hydroxylation is 1. The maximum Gasteiger partial charge on any atom is 0.257 e. The summed E-state index contributed by atoms with van der Waals surface area (Å²) in [5, 5.41) is 11.0. The fourth-order valence-corrected chi connectivity index (χ4v) is 4.15. The van der Waals surface area contributed by atoms with Crippen LogP contribution < -0.4 is 10.6 Å². The van der Waals surface area contributed by atoms with Crippen molar-refractivity contribution in [3.63, 3.8) is 0 Å². The summed E-state index contributed by atoms with van der Waals surface area (Å²) in [4.78, 5) is 8.89. The maximum absolute atomic E-state index is 5.42. The van der Waals surface area contributed by atoms with Crippen LogP contribution >= 0.6 is 24.0 Å². The van der Waals surface area contributed by atoms with Gasteiger partial charge < -0.3 is 19.9 Å². The molecule has 172 valence electrons. The van der Waals surface area contributed by atoms with Gasteiger partial charge in [-0.15, -0.1) is 24.0 Å². The summed E-state index contributed by atoms with van der Waals surface area (Å²) in [5.41, 5.74) is 2.40. The minimum atomic E-state index is 0. The van der Waals surface area contributed by atoms with Gasteiger partial charge >= 0.3 is 0 Å². The van der Waals surface area contributed by atoms with Crippen LogP contribution in [0.15, 0.2) is 33.8 Å². The van der Waals surface area contributed by atoms with Gasteiger partial charge in [-0.2, -0.15) is 4.98 Å². The molecule has 1 heterocycles. The summed E-state index contributed by atoms with van der Waals surface area (Å²) in [6.07, 6.45) is 8.05. The van der Waals surface area contributed by atoms with Crippen molar-refractivity contribution in [2.24, 2.45) is 10.4 Å². The standard InChI is InChI=1S/C23H35N5O2.HI/c1-4-8-20-27-21(30-28-20)19-10-7-9-18(15-19)16-25-22(24-2)26-17-23(13-14-29-3)11-5-6-12-23;/h7,9-10,15H,4-6,8,11-14,16-17H2,1-3H3,(H2,24,25,26);1H. The van der Waals surface area contributed by atoms with Gasteiger partial charge in [0, 0.05) is 45.8 Å². The van der Waals surface area contributed by atoms with E-state index in [0.29, 0.717) is 17.9 Å². The van der Waals surface area contributed by atoms with Gasteiger partial charge in [0.15, 0.2) is 11.8 Å². The van der Waals surface area contributed by atoms with E-state index >= 15 is 0 Å². The van der Waals surface area contributed by atoms with E-state index in [1.807, 2.05) is 19.2 Å². The molecule has 0 bridgehead atoms. The minimum Gasteiger partial charge on any atom is -0.385 e. The highest BCUT2D eigenvalue weighted by Crippen LogP contribution is 2.40. The summed E-state index contributed by atoms with van der Waals surface area (Å²) in [6.45, 7) is 4.53. The Morgan fingerprint density at radius 3 is 2.77 bits per heavy atom. The number of aliphatic imine (C=N–C) groups is 1. The second-order valence-electron chi connectivity index (χ2n) is 8.20. The lowest BCUT2D eigenvalue weighted by atomic mass is 9.83. The van der Waals surface area contributed by atoms with E-state index in [1.54, 1.807) is 7.11 Å². The van der Waals surface area contributed by atoms with Crippen molar-refractivity contribution in [3.8, 4) is 11.5 Å². The molecule has 1 aromatic carbocycles. The predicted octanol–water partition coefficient (Wildman–Crippen LogP) is 4.57. The van der Waals surface area contributed by atoms with Crippen LogP contribution in [0.5, 0.6) is 0 Å². The molecule has 0 atom stereocenters. The third kappa shape index (κ3) is 7.45. The van der Waals surface area contributed by atoms with Crippen LogP contribution in [0.3, 0.4) is 0 Å². The van der Waals surface area contributed by atoms with Gasteiger partial charge in [-0.3, -0.25) is 4.99 Å². The number of methoxy groups -OCH3 is 1. The largest absolute Gasteiger partial charge is 0.385 e. The van der Waals surface area contributed by atoms with E-state index in [4.69, 9.17) is 9.26 Å². The van der Waals surface area contributed by atoms with E-state index < -0.39 is 0 Å². The molecule has 8 heteroatoms. The van der Waals surface area contributed by atoms with Gasteiger partial charge in [-0.05, 0) is 48.8 Å².